The van der Waals surface area contributed by atoms with Gasteiger partial charge >= 0.3 is 0 Å². The summed E-state index contributed by atoms with van der Waals surface area (Å²) in [5.74, 6) is 0. The summed E-state index contributed by atoms with van der Waals surface area (Å²) < 4.78 is 0. The highest BCUT2D eigenvalue weighted by atomic mass is 32.2. The fourth-order valence-corrected chi connectivity index (χ4v) is 3.63. The number of benzene rings is 1. The van der Waals surface area contributed by atoms with Crippen LogP contribution in [0.1, 0.15) is 24.5 Å². The lowest BCUT2D eigenvalue weighted by molar-refractivity contribution is 0.711. The summed E-state index contributed by atoms with van der Waals surface area (Å²) in [5.41, 5.74) is 9.90. The summed E-state index contributed by atoms with van der Waals surface area (Å²) in [6.45, 7) is 9.73. The summed E-state index contributed by atoms with van der Waals surface area (Å²) in [5, 5.41) is 0.669. The summed E-state index contributed by atoms with van der Waals surface area (Å²) in [7, 11) is 0. The molecular weight excluding hydrogens is 228 g/mol. The van der Waals surface area contributed by atoms with Crippen LogP contribution in [0.25, 0.3) is 0 Å². The fraction of sp³-hybridized carbons (Fsp3) is 0.571. The second-order valence-corrected chi connectivity index (χ2v) is 6.35. The largest absolute Gasteiger partial charge is 0.369 e. The first-order chi connectivity index (χ1) is 8.13. The van der Waals surface area contributed by atoms with Gasteiger partial charge < -0.3 is 10.6 Å². The van der Waals surface area contributed by atoms with Crippen LogP contribution < -0.4 is 10.6 Å². The molecule has 1 unspecified atom stereocenters. The summed E-state index contributed by atoms with van der Waals surface area (Å²) in [4.78, 5) is 3.95. The van der Waals surface area contributed by atoms with E-state index in [-0.39, 0.29) is 0 Å². The topological polar surface area (TPSA) is 29.3 Å². The third-order valence-corrected chi connectivity index (χ3v) is 4.55. The van der Waals surface area contributed by atoms with E-state index in [0.29, 0.717) is 5.25 Å². The van der Waals surface area contributed by atoms with Crippen LogP contribution in [0.5, 0.6) is 0 Å². The highest BCUT2D eigenvalue weighted by Crippen LogP contribution is 2.41. The average Bonchev–Trinajstić information content (AvgIpc) is 2.30. The summed E-state index contributed by atoms with van der Waals surface area (Å²) >= 11 is 2.00. The number of aryl methyl sites for hydroxylation is 1. The minimum absolute atomic E-state index is 0.669. The third-order valence-electron chi connectivity index (χ3n) is 3.42. The molecule has 0 saturated heterocycles. The van der Waals surface area contributed by atoms with Crippen molar-refractivity contribution in [2.75, 3.05) is 24.5 Å². The average molecular weight is 250 g/mol. The van der Waals surface area contributed by atoms with Crippen molar-refractivity contribution in [3.8, 4) is 0 Å². The predicted molar refractivity (Wildman–Crippen MR) is 77.1 cm³/mol. The van der Waals surface area contributed by atoms with Crippen molar-refractivity contribution >= 4 is 17.4 Å². The van der Waals surface area contributed by atoms with Gasteiger partial charge in [-0.15, -0.1) is 11.8 Å². The molecule has 1 atom stereocenters. The Labute approximate surface area is 109 Å². The molecule has 2 rings (SSSR count). The smallest absolute Gasteiger partial charge is 0.0537 e. The Morgan fingerprint density at radius 2 is 2.18 bits per heavy atom. The number of hydrogen-bond acceptors (Lipinski definition) is 3. The van der Waals surface area contributed by atoms with Gasteiger partial charge in [0.2, 0.25) is 0 Å². The molecule has 1 heterocycles. The standard InChI is InChI=1S/C14H22N2S/c1-10-5-6-13-14(12(10)3)16(8-4-7-15)9-11(2)17-13/h5-6,11H,4,7-9,15H2,1-3H3. The van der Waals surface area contributed by atoms with Crippen LogP contribution in [0.15, 0.2) is 17.0 Å². The Morgan fingerprint density at radius 3 is 2.88 bits per heavy atom. The molecule has 0 bridgehead atoms. The van der Waals surface area contributed by atoms with E-state index in [9.17, 15) is 0 Å². The molecule has 0 saturated carbocycles. The number of anilines is 1. The van der Waals surface area contributed by atoms with Crippen LogP contribution >= 0.6 is 11.8 Å². The van der Waals surface area contributed by atoms with Crippen LogP contribution in [0.2, 0.25) is 0 Å². The number of nitrogens with two attached hydrogens (primary N) is 1. The van der Waals surface area contributed by atoms with E-state index in [1.165, 1.54) is 21.7 Å². The van der Waals surface area contributed by atoms with Crippen molar-refractivity contribution in [2.45, 2.75) is 37.3 Å². The fourth-order valence-electron chi connectivity index (χ4n) is 2.41. The molecule has 0 spiro atoms. The predicted octanol–water partition coefficient (Wildman–Crippen LogP) is 2.95. The summed E-state index contributed by atoms with van der Waals surface area (Å²) in [6, 6.07) is 4.51. The maximum Gasteiger partial charge on any atom is 0.0537 e. The van der Waals surface area contributed by atoms with Gasteiger partial charge in [-0.3, -0.25) is 0 Å². The monoisotopic (exact) mass is 250 g/mol. The molecule has 1 aliphatic rings. The number of thioether (sulfide) groups is 1. The molecule has 0 fully saturated rings. The normalized spacial score (nSPS) is 19.3. The first-order valence-electron chi connectivity index (χ1n) is 6.35. The Balaban J connectivity index is 2.35. The highest BCUT2D eigenvalue weighted by Gasteiger charge is 2.23. The second kappa shape index (κ2) is 5.32. The van der Waals surface area contributed by atoms with Crippen LogP contribution in [-0.4, -0.2) is 24.9 Å². The van der Waals surface area contributed by atoms with E-state index in [1.54, 1.807) is 0 Å². The zero-order valence-electron chi connectivity index (χ0n) is 11.0. The first kappa shape index (κ1) is 12.8. The van der Waals surface area contributed by atoms with Gasteiger partial charge in [0, 0.05) is 23.2 Å². The van der Waals surface area contributed by atoms with Gasteiger partial charge in [-0.25, -0.2) is 0 Å². The van der Waals surface area contributed by atoms with Crippen LogP contribution in [0.3, 0.4) is 0 Å². The molecule has 0 amide bonds. The summed E-state index contributed by atoms with van der Waals surface area (Å²) in [6.07, 6.45) is 1.07. The molecule has 0 aliphatic carbocycles. The molecule has 0 radical (unpaired) electrons. The SMILES string of the molecule is Cc1ccc2c(c1C)N(CCCN)CC(C)S2. The first-order valence-corrected chi connectivity index (χ1v) is 7.23. The van der Waals surface area contributed by atoms with Crippen LogP contribution in [0.4, 0.5) is 5.69 Å². The Kier molecular flexibility index (Phi) is 4.00. The molecule has 1 aromatic carbocycles. The number of nitrogens with zero attached hydrogens (tertiary/aromatic N) is 1. The van der Waals surface area contributed by atoms with Gasteiger partial charge in [-0.1, -0.05) is 13.0 Å². The molecular formula is C14H22N2S. The van der Waals surface area contributed by atoms with Gasteiger partial charge in [-0.05, 0) is 44.0 Å². The zero-order chi connectivity index (χ0) is 12.4. The van der Waals surface area contributed by atoms with E-state index < -0.39 is 0 Å². The lowest BCUT2D eigenvalue weighted by Gasteiger charge is -2.36. The van der Waals surface area contributed by atoms with Gasteiger partial charge in [0.05, 0.1) is 5.69 Å². The van der Waals surface area contributed by atoms with Crippen LogP contribution in [-0.2, 0) is 0 Å². The molecule has 1 aromatic rings. The van der Waals surface area contributed by atoms with E-state index in [2.05, 4.69) is 37.8 Å². The van der Waals surface area contributed by atoms with Crippen molar-refractivity contribution in [1.82, 2.24) is 0 Å². The molecule has 94 valence electrons. The van der Waals surface area contributed by atoms with E-state index in [1.807, 2.05) is 11.8 Å². The number of rotatable bonds is 3. The zero-order valence-corrected chi connectivity index (χ0v) is 11.8. The van der Waals surface area contributed by atoms with Gasteiger partial charge in [-0.2, -0.15) is 0 Å². The van der Waals surface area contributed by atoms with Crippen molar-refractivity contribution < 1.29 is 0 Å². The minimum Gasteiger partial charge on any atom is -0.369 e. The Bertz CT molecular complexity index is 403. The van der Waals surface area contributed by atoms with Crippen molar-refractivity contribution in [3.63, 3.8) is 0 Å². The number of fused-ring (bicyclic) bond motifs is 1. The van der Waals surface area contributed by atoms with Gasteiger partial charge in [0.15, 0.2) is 0 Å². The molecule has 0 aromatic heterocycles. The number of hydrogen-bond donors (Lipinski definition) is 1. The Hall–Kier alpha value is -0.670. The lowest BCUT2D eigenvalue weighted by atomic mass is 10.1. The Morgan fingerprint density at radius 1 is 1.41 bits per heavy atom. The van der Waals surface area contributed by atoms with Crippen LogP contribution in [0, 0.1) is 13.8 Å². The lowest BCUT2D eigenvalue weighted by Crippen LogP contribution is -2.35. The van der Waals surface area contributed by atoms with Crippen molar-refractivity contribution in [2.24, 2.45) is 5.73 Å². The molecule has 2 nitrogen and oxygen atoms in total. The molecule has 3 heteroatoms. The highest BCUT2D eigenvalue weighted by molar-refractivity contribution is 8.00. The molecule has 2 N–H and O–H groups in total. The quantitative estimate of drug-likeness (QED) is 0.894. The third kappa shape index (κ3) is 2.61. The van der Waals surface area contributed by atoms with E-state index in [4.69, 9.17) is 5.73 Å². The molecule has 17 heavy (non-hydrogen) atoms. The van der Waals surface area contributed by atoms with Crippen molar-refractivity contribution in [1.29, 1.82) is 0 Å². The van der Waals surface area contributed by atoms with E-state index >= 15 is 0 Å². The van der Waals surface area contributed by atoms with E-state index in [0.717, 1.165) is 26.1 Å². The van der Waals surface area contributed by atoms with Gasteiger partial charge in [0.25, 0.3) is 0 Å². The maximum absolute atomic E-state index is 5.64. The van der Waals surface area contributed by atoms with Gasteiger partial charge in [0.1, 0.15) is 0 Å². The molecule has 1 aliphatic heterocycles. The van der Waals surface area contributed by atoms with Crippen molar-refractivity contribution in [3.05, 3.63) is 23.3 Å². The maximum atomic E-state index is 5.64. The minimum atomic E-state index is 0.669. The second-order valence-electron chi connectivity index (χ2n) is 4.87.